The summed E-state index contributed by atoms with van der Waals surface area (Å²) in [7, 11) is 0. The Morgan fingerprint density at radius 2 is 1.44 bits per heavy atom. The Balaban J connectivity index is 1.28. The molecule has 3 aromatic carbocycles. The molecule has 45 heavy (non-hydrogen) atoms. The van der Waals surface area contributed by atoms with Gasteiger partial charge in [0, 0.05) is 29.4 Å². The quantitative estimate of drug-likeness (QED) is 0.113. The van der Waals surface area contributed by atoms with E-state index < -0.39 is 0 Å². The number of halogens is 2. The second-order valence-corrected chi connectivity index (χ2v) is 10.4. The van der Waals surface area contributed by atoms with Crippen molar-refractivity contribution >= 4 is 69.8 Å². The number of rotatable bonds is 9. The van der Waals surface area contributed by atoms with Crippen molar-refractivity contribution in [1.82, 2.24) is 24.9 Å². The molecule has 0 saturated heterocycles. The van der Waals surface area contributed by atoms with Crippen molar-refractivity contribution in [2.75, 3.05) is 45.9 Å². The first-order chi connectivity index (χ1) is 21.8. The number of nitrogens with two attached hydrogens (primary N) is 2. The SMILES string of the molecule is Nc1nc(N)c2c(n1)NC(c1ccc(F)cc1)CC(c1ccc(Nc3nc(NCCO)nc(Nc4ccc(Cl)cc4)n3)cc1)=N2. The van der Waals surface area contributed by atoms with Gasteiger partial charge >= 0.3 is 0 Å². The van der Waals surface area contributed by atoms with E-state index in [1.165, 1.54) is 12.1 Å². The predicted molar refractivity (Wildman–Crippen MR) is 174 cm³/mol. The highest BCUT2D eigenvalue weighted by Crippen LogP contribution is 2.38. The van der Waals surface area contributed by atoms with Crippen LogP contribution in [0, 0.1) is 5.82 Å². The van der Waals surface area contributed by atoms with Crippen LogP contribution in [0.25, 0.3) is 0 Å². The van der Waals surface area contributed by atoms with E-state index >= 15 is 0 Å². The Kier molecular flexibility index (Phi) is 8.48. The molecular formula is C30H28ClFN12O. The van der Waals surface area contributed by atoms with Crippen LogP contribution in [0.5, 0.6) is 0 Å². The third-order valence-corrected chi connectivity index (χ3v) is 7.01. The van der Waals surface area contributed by atoms with Crippen molar-refractivity contribution in [1.29, 1.82) is 0 Å². The van der Waals surface area contributed by atoms with E-state index in [4.69, 9.17) is 28.1 Å². The molecule has 13 nitrogen and oxygen atoms in total. The Morgan fingerprint density at radius 1 is 0.822 bits per heavy atom. The summed E-state index contributed by atoms with van der Waals surface area (Å²) in [6.07, 6.45) is 0.446. The molecular weight excluding hydrogens is 599 g/mol. The number of nitrogen functional groups attached to an aromatic ring is 2. The number of anilines is 8. The lowest BCUT2D eigenvalue weighted by molar-refractivity contribution is 0.311. The topological polar surface area (TPSA) is 197 Å². The third kappa shape index (κ3) is 7.14. The molecule has 0 radical (unpaired) electrons. The van der Waals surface area contributed by atoms with Crippen molar-refractivity contribution in [3.8, 4) is 0 Å². The minimum absolute atomic E-state index is 0.0188. The molecule has 0 fully saturated rings. The molecule has 2 aromatic heterocycles. The summed E-state index contributed by atoms with van der Waals surface area (Å²) in [6.45, 7) is 0.173. The highest BCUT2D eigenvalue weighted by atomic mass is 35.5. The Morgan fingerprint density at radius 3 is 2.09 bits per heavy atom. The summed E-state index contributed by atoms with van der Waals surface area (Å²) >= 11 is 6.01. The Bertz CT molecular complexity index is 1840. The Labute approximate surface area is 262 Å². The molecule has 15 heteroatoms. The van der Waals surface area contributed by atoms with Gasteiger partial charge in [-0.3, -0.25) is 0 Å². The normalized spacial score (nSPS) is 14.0. The molecule has 0 amide bonds. The maximum absolute atomic E-state index is 13.7. The van der Waals surface area contributed by atoms with Crippen LogP contribution in [0.4, 0.5) is 56.9 Å². The lowest BCUT2D eigenvalue weighted by Crippen LogP contribution is -2.15. The number of aliphatic hydroxyl groups excluding tert-OH is 1. The van der Waals surface area contributed by atoms with E-state index in [9.17, 15) is 9.50 Å². The van der Waals surface area contributed by atoms with Crippen molar-refractivity contribution < 1.29 is 9.50 Å². The second-order valence-electron chi connectivity index (χ2n) is 9.97. The molecule has 3 heterocycles. The standard InChI is InChI=1S/C30H28ClFN12O/c31-18-5-11-21(12-6-18)37-30-43-28(35-13-14-45)42-29(44-30)36-20-9-3-17(4-10-20)22-15-23(16-1-7-19(32)8-2-16)39-26-24(38-22)25(33)40-27(34)41-26/h1-12,23,45H,13-15H2,(H5,33,34,39,40,41)(H3,35,36,37,42,43,44). The van der Waals surface area contributed by atoms with Gasteiger partial charge in [-0.1, -0.05) is 35.9 Å². The lowest BCUT2D eigenvalue weighted by Gasteiger charge is -2.19. The summed E-state index contributed by atoms with van der Waals surface area (Å²) in [6, 6.07) is 20.6. The molecule has 5 aromatic rings. The van der Waals surface area contributed by atoms with Gasteiger partial charge in [-0.15, -0.1) is 0 Å². The van der Waals surface area contributed by atoms with Gasteiger partial charge in [-0.05, 0) is 59.7 Å². The number of nitrogens with one attached hydrogen (secondary N) is 4. The number of nitrogens with zero attached hydrogens (tertiary/aromatic N) is 6. The van der Waals surface area contributed by atoms with Crippen LogP contribution in [-0.2, 0) is 0 Å². The van der Waals surface area contributed by atoms with Gasteiger partial charge in [0.1, 0.15) is 11.5 Å². The van der Waals surface area contributed by atoms with Gasteiger partial charge < -0.3 is 37.8 Å². The van der Waals surface area contributed by atoms with Crippen LogP contribution >= 0.6 is 11.6 Å². The van der Waals surface area contributed by atoms with E-state index in [0.717, 1.165) is 16.8 Å². The zero-order chi connectivity index (χ0) is 31.3. The average Bonchev–Trinajstić information content (AvgIpc) is 3.22. The first-order valence-corrected chi connectivity index (χ1v) is 14.2. The summed E-state index contributed by atoms with van der Waals surface area (Å²) in [5, 5.41) is 22.5. The van der Waals surface area contributed by atoms with Crippen molar-refractivity contribution in [2.45, 2.75) is 12.5 Å². The number of aliphatic imine (C=N–C) groups is 1. The largest absolute Gasteiger partial charge is 0.395 e. The van der Waals surface area contributed by atoms with Crippen LogP contribution in [-0.4, -0.2) is 48.9 Å². The average molecular weight is 627 g/mol. The molecule has 1 atom stereocenters. The number of fused-ring (bicyclic) bond motifs is 1. The van der Waals surface area contributed by atoms with Crippen LogP contribution < -0.4 is 32.7 Å². The van der Waals surface area contributed by atoms with Gasteiger partial charge in [0.25, 0.3) is 0 Å². The molecule has 1 aliphatic rings. The van der Waals surface area contributed by atoms with E-state index in [2.05, 4.69) is 46.2 Å². The van der Waals surface area contributed by atoms with Crippen LogP contribution in [0.15, 0.2) is 77.8 Å². The zero-order valence-corrected chi connectivity index (χ0v) is 24.4. The number of hydrogen-bond donors (Lipinski definition) is 7. The number of benzene rings is 3. The lowest BCUT2D eigenvalue weighted by atomic mass is 9.97. The van der Waals surface area contributed by atoms with E-state index in [1.54, 1.807) is 36.4 Å². The number of aromatic nitrogens is 5. The third-order valence-electron chi connectivity index (χ3n) is 6.76. The summed E-state index contributed by atoms with van der Waals surface area (Å²) in [5.41, 5.74) is 16.3. The number of hydrogen-bond acceptors (Lipinski definition) is 13. The molecule has 0 bridgehead atoms. The summed E-state index contributed by atoms with van der Waals surface area (Å²) in [5.74, 6) is 1.07. The van der Waals surface area contributed by atoms with Gasteiger partial charge in [0.15, 0.2) is 11.6 Å². The monoisotopic (exact) mass is 626 g/mol. The molecule has 228 valence electrons. The fraction of sp³-hybridized carbons (Fsp3) is 0.133. The van der Waals surface area contributed by atoms with Crippen LogP contribution in [0.3, 0.4) is 0 Å². The van der Waals surface area contributed by atoms with E-state index in [0.29, 0.717) is 34.3 Å². The molecule has 9 N–H and O–H groups in total. The first kappa shape index (κ1) is 29.5. The summed E-state index contributed by atoms with van der Waals surface area (Å²) < 4.78 is 13.7. The van der Waals surface area contributed by atoms with E-state index in [1.807, 2.05) is 24.3 Å². The minimum atomic E-state index is -0.331. The Hall–Kier alpha value is -5.60. The smallest absolute Gasteiger partial charge is 0.233 e. The van der Waals surface area contributed by atoms with Crippen molar-refractivity contribution in [3.63, 3.8) is 0 Å². The molecule has 0 saturated carbocycles. The maximum Gasteiger partial charge on any atom is 0.233 e. The van der Waals surface area contributed by atoms with Gasteiger partial charge in [0.2, 0.25) is 23.8 Å². The van der Waals surface area contributed by atoms with Crippen molar-refractivity contribution in [2.24, 2.45) is 4.99 Å². The molecule has 0 aliphatic carbocycles. The maximum atomic E-state index is 13.7. The minimum Gasteiger partial charge on any atom is -0.395 e. The van der Waals surface area contributed by atoms with Crippen LogP contribution in [0.1, 0.15) is 23.6 Å². The predicted octanol–water partition coefficient (Wildman–Crippen LogP) is 5.19. The summed E-state index contributed by atoms with van der Waals surface area (Å²) in [4.78, 5) is 26.5. The number of aliphatic hydroxyl groups is 1. The van der Waals surface area contributed by atoms with Gasteiger partial charge in [-0.25, -0.2) is 9.38 Å². The fourth-order valence-electron chi connectivity index (χ4n) is 4.64. The molecule has 0 spiro atoms. The van der Waals surface area contributed by atoms with Crippen LogP contribution in [0.2, 0.25) is 5.02 Å². The highest BCUT2D eigenvalue weighted by Gasteiger charge is 2.24. The molecule has 1 aliphatic heterocycles. The molecule has 6 rings (SSSR count). The fourth-order valence-corrected chi connectivity index (χ4v) is 4.77. The first-order valence-electron chi connectivity index (χ1n) is 13.9. The van der Waals surface area contributed by atoms with Gasteiger partial charge in [0.05, 0.1) is 18.4 Å². The highest BCUT2D eigenvalue weighted by molar-refractivity contribution is 6.30. The van der Waals surface area contributed by atoms with Crippen molar-refractivity contribution in [3.05, 3.63) is 94.8 Å². The second kappa shape index (κ2) is 13.0. The molecule has 1 unspecified atom stereocenters. The van der Waals surface area contributed by atoms with E-state index in [-0.39, 0.29) is 54.6 Å². The zero-order valence-electron chi connectivity index (χ0n) is 23.7. The van der Waals surface area contributed by atoms with Gasteiger partial charge in [-0.2, -0.15) is 24.9 Å².